The van der Waals surface area contributed by atoms with E-state index in [1.807, 2.05) is 48.5 Å². The molecule has 0 radical (unpaired) electrons. The number of hydrogen-bond donors (Lipinski definition) is 1. The second kappa shape index (κ2) is 11.6. The quantitative estimate of drug-likeness (QED) is 0.194. The first kappa shape index (κ1) is 23.1. The number of thioether (sulfide) groups is 1. The first-order chi connectivity index (χ1) is 17.4. The van der Waals surface area contributed by atoms with E-state index < -0.39 is 0 Å². The predicted octanol–water partition coefficient (Wildman–Crippen LogP) is 5.67. The van der Waals surface area contributed by atoms with Gasteiger partial charge >= 0.3 is 0 Å². The zero-order valence-corrected chi connectivity index (χ0v) is 20.2. The van der Waals surface area contributed by atoms with Crippen LogP contribution in [0.4, 0.5) is 0 Å². The Morgan fingerprint density at radius 1 is 0.829 bits per heavy atom. The summed E-state index contributed by atoms with van der Waals surface area (Å²) in [4.78, 5) is 0. The van der Waals surface area contributed by atoms with Crippen molar-refractivity contribution in [3.05, 3.63) is 108 Å². The van der Waals surface area contributed by atoms with Crippen LogP contribution in [-0.2, 0) is 13.2 Å². The molecular formula is C28H27N5OS. The number of nitrogens with zero attached hydrogens (tertiary/aromatic N) is 4. The fourth-order valence-electron chi connectivity index (χ4n) is 3.94. The molecule has 0 bridgehead atoms. The summed E-state index contributed by atoms with van der Waals surface area (Å²) < 4.78 is 8.03. The van der Waals surface area contributed by atoms with Gasteiger partial charge in [-0.3, -0.25) is 0 Å². The summed E-state index contributed by atoms with van der Waals surface area (Å²) in [5.74, 6) is 1.85. The SMILES string of the molecule is c1ccc(COc2ccc3ccccc3c2CNCCCSc2nnnn2-c2ccccc2)cc1. The minimum Gasteiger partial charge on any atom is -0.489 e. The molecule has 0 unspecified atom stereocenters. The van der Waals surface area contributed by atoms with Gasteiger partial charge in [0.25, 0.3) is 0 Å². The summed E-state index contributed by atoms with van der Waals surface area (Å²) >= 11 is 1.67. The highest BCUT2D eigenvalue weighted by atomic mass is 32.2. The van der Waals surface area contributed by atoms with Gasteiger partial charge in [-0.25, -0.2) is 0 Å². The number of para-hydroxylation sites is 1. The van der Waals surface area contributed by atoms with Crippen molar-refractivity contribution in [2.24, 2.45) is 0 Å². The van der Waals surface area contributed by atoms with Gasteiger partial charge < -0.3 is 10.1 Å². The predicted molar refractivity (Wildman–Crippen MR) is 141 cm³/mol. The molecule has 4 aromatic carbocycles. The summed E-state index contributed by atoms with van der Waals surface area (Å²) in [6.07, 6.45) is 0.997. The van der Waals surface area contributed by atoms with Crippen LogP contribution in [0.25, 0.3) is 16.5 Å². The summed E-state index contributed by atoms with van der Waals surface area (Å²) in [7, 11) is 0. The third-order valence-electron chi connectivity index (χ3n) is 5.71. The van der Waals surface area contributed by atoms with Crippen molar-refractivity contribution in [3.8, 4) is 11.4 Å². The topological polar surface area (TPSA) is 64.9 Å². The van der Waals surface area contributed by atoms with E-state index in [9.17, 15) is 0 Å². The molecule has 5 rings (SSSR count). The van der Waals surface area contributed by atoms with Gasteiger partial charge in [0.15, 0.2) is 0 Å². The lowest BCUT2D eigenvalue weighted by Gasteiger charge is -2.15. The van der Waals surface area contributed by atoms with Crippen LogP contribution in [0.2, 0.25) is 0 Å². The second-order valence-electron chi connectivity index (χ2n) is 8.13. The van der Waals surface area contributed by atoms with Gasteiger partial charge in [-0.05, 0) is 57.9 Å². The summed E-state index contributed by atoms with van der Waals surface area (Å²) in [6.45, 7) is 2.19. The molecule has 1 N–H and O–H groups in total. The van der Waals surface area contributed by atoms with Crippen LogP contribution >= 0.6 is 11.8 Å². The zero-order chi connectivity index (χ0) is 23.7. The van der Waals surface area contributed by atoms with Crippen molar-refractivity contribution in [2.75, 3.05) is 12.3 Å². The second-order valence-corrected chi connectivity index (χ2v) is 9.19. The van der Waals surface area contributed by atoms with Gasteiger partial charge in [0.05, 0.1) is 5.69 Å². The first-order valence-corrected chi connectivity index (χ1v) is 12.7. The van der Waals surface area contributed by atoms with Crippen molar-refractivity contribution in [2.45, 2.75) is 24.7 Å². The molecule has 6 nitrogen and oxygen atoms in total. The van der Waals surface area contributed by atoms with E-state index in [0.29, 0.717) is 6.61 Å². The minimum absolute atomic E-state index is 0.555. The van der Waals surface area contributed by atoms with Crippen molar-refractivity contribution in [1.29, 1.82) is 0 Å². The molecule has 0 aliphatic heterocycles. The average molecular weight is 482 g/mol. The largest absolute Gasteiger partial charge is 0.489 e. The third-order valence-corrected chi connectivity index (χ3v) is 6.71. The van der Waals surface area contributed by atoms with Gasteiger partial charge in [-0.2, -0.15) is 4.68 Å². The van der Waals surface area contributed by atoms with Gasteiger partial charge in [-0.15, -0.1) is 5.10 Å². The van der Waals surface area contributed by atoms with Crippen LogP contribution in [0.15, 0.2) is 102 Å². The van der Waals surface area contributed by atoms with Crippen LogP contribution in [0.1, 0.15) is 17.5 Å². The molecule has 0 amide bonds. The molecule has 35 heavy (non-hydrogen) atoms. The zero-order valence-electron chi connectivity index (χ0n) is 19.4. The van der Waals surface area contributed by atoms with Gasteiger partial charge in [0.2, 0.25) is 5.16 Å². The number of tetrazole rings is 1. The number of ether oxygens (including phenoxy) is 1. The molecule has 7 heteroatoms. The Kier molecular flexibility index (Phi) is 7.68. The highest BCUT2D eigenvalue weighted by molar-refractivity contribution is 7.99. The van der Waals surface area contributed by atoms with Gasteiger partial charge in [-0.1, -0.05) is 90.6 Å². The first-order valence-electron chi connectivity index (χ1n) is 11.7. The number of benzene rings is 4. The normalized spacial score (nSPS) is 11.1. The third kappa shape index (κ3) is 5.88. The molecular weight excluding hydrogens is 454 g/mol. The van der Waals surface area contributed by atoms with Crippen LogP contribution < -0.4 is 10.1 Å². The van der Waals surface area contributed by atoms with E-state index in [0.717, 1.165) is 47.4 Å². The lowest BCUT2D eigenvalue weighted by Crippen LogP contribution is -2.16. The van der Waals surface area contributed by atoms with Crippen LogP contribution in [0.5, 0.6) is 5.75 Å². The van der Waals surface area contributed by atoms with Crippen molar-refractivity contribution >= 4 is 22.5 Å². The van der Waals surface area contributed by atoms with E-state index in [-0.39, 0.29) is 0 Å². The highest BCUT2D eigenvalue weighted by Crippen LogP contribution is 2.29. The number of rotatable bonds is 11. The van der Waals surface area contributed by atoms with Crippen molar-refractivity contribution in [3.63, 3.8) is 0 Å². The molecule has 0 spiro atoms. The molecule has 5 aromatic rings. The van der Waals surface area contributed by atoms with Crippen LogP contribution in [-0.4, -0.2) is 32.5 Å². The summed E-state index contributed by atoms with van der Waals surface area (Å²) in [6, 6.07) is 32.9. The Hall–Kier alpha value is -3.68. The van der Waals surface area contributed by atoms with Crippen molar-refractivity contribution in [1.82, 2.24) is 25.5 Å². The number of nitrogens with one attached hydrogen (secondary N) is 1. The molecule has 0 aliphatic carbocycles. The Morgan fingerprint density at radius 3 is 2.46 bits per heavy atom. The standard InChI is InChI=1S/C28H27N5OS/c1-3-10-22(11-4-1)21-34-27-17-16-23-12-7-8-15-25(23)26(27)20-29-18-9-19-35-28-30-31-32-33(28)24-13-5-2-6-14-24/h1-8,10-17,29H,9,18-21H2. The molecule has 0 saturated carbocycles. The Balaban J connectivity index is 1.17. The van der Waals surface area contributed by atoms with E-state index >= 15 is 0 Å². The number of aromatic nitrogens is 4. The molecule has 1 heterocycles. The van der Waals surface area contributed by atoms with Crippen LogP contribution in [0.3, 0.4) is 0 Å². The Bertz CT molecular complexity index is 1360. The summed E-state index contributed by atoms with van der Waals surface area (Å²) in [5.41, 5.74) is 3.33. The summed E-state index contributed by atoms with van der Waals surface area (Å²) in [5, 5.41) is 19.0. The molecule has 0 aliphatic rings. The smallest absolute Gasteiger partial charge is 0.214 e. The van der Waals surface area contributed by atoms with Crippen molar-refractivity contribution < 1.29 is 4.74 Å². The Labute approximate surface area is 209 Å². The van der Waals surface area contributed by atoms with Crippen LogP contribution in [0, 0.1) is 0 Å². The molecule has 0 atom stereocenters. The van der Waals surface area contributed by atoms with Gasteiger partial charge in [0, 0.05) is 17.9 Å². The lowest BCUT2D eigenvalue weighted by atomic mass is 10.0. The monoisotopic (exact) mass is 481 g/mol. The molecule has 176 valence electrons. The Morgan fingerprint density at radius 2 is 1.60 bits per heavy atom. The fraction of sp³-hybridized carbons (Fsp3) is 0.179. The van der Waals surface area contributed by atoms with E-state index in [4.69, 9.17) is 4.74 Å². The molecule has 1 aromatic heterocycles. The highest BCUT2D eigenvalue weighted by Gasteiger charge is 2.10. The lowest BCUT2D eigenvalue weighted by molar-refractivity contribution is 0.303. The molecule has 0 fully saturated rings. The maximum absolute atomic E-state index is 6.24. The van der Waals surface area contributed by atoms with E-state index in [1.54, 1.807) is 16.4 Å². The maximum Gasteiger partial charge on any atom is 0.214 e. The fourth-order valence-corrected chi connectivity index (χ4v) is 4.77. The number of hydrogen-bond acceptors (Lipinski definition) is 6. The van der Waals surface area contributed by atoms with E-state index in [1.165, 1.54) is 16.3 Å². The average Bonchev–Trinajstić information content (AvgIpc) is 3.39. The minimum atomic E-state index is 0.555. The number of fused-ring (bicyclic) bond motifs is 1. The maximum atomic E-state index is 6.24. The van der Waals surface area contributed by atoms with Gasteiger partial charge in [0.1, 0.15) is 12.4 Å². The molecule has 0 saturated heterocycles. The van der Waals surface area contributed by atoms with E-state index in [2.05, 4.69) is 69.4 Å².